The van der Waals surface area contributed by atoms with Crippen LogP contribution in [0, 0.1) is 11.8 Å². The summed E-state index contributed by atoms with van der Waals surface area (Å²) in [5.41, 5.74) is 0. The Labute approximate surface area is 406 Å². The molecule has 0 aromatic rings. The molecule has 0 fully saturated rings. The zero-order valence-corrected chi connectivity index (χ0v) is 44.6. The summed E-state index contributed by atoms with van der Waals surface area (Å²) in [5.74, 6) is 0.875. The minimum atomic E-state index is -0.762. The van der Waals surface area contributed by atoms with E-state index in [4.69, 9.17) is 14.2 Å². The van der Waals surface area contributed by atoms with E-state index >= 15 is 0 Å². The molecule has 0 aromatic heterocycles. The molecule has 386 valence electrons. The van der Waals surface area contributed by atoms with Gasteiger partial charge in [-0.3, -0.25) is 14.4 Å². The van der Waals surface area contributed by atoms with Gasteiger partial charge in [-0.15, -0.1) is 0 Å². The third-order valence-electron chi connectivity index (χ3n) is 13.8. The van der Waals surface area contributed by atoms with Gasteiger partial charge in [0.05, 0.1) is 0 Å². The van der Waals surface area contributed by atoms with Crippen molar-refractivity contribution < 1.29 is 28.6 Å². The Morgan fingerprint density at radius 3 is 0.877 bits per heavy atom. The molecule has 0 amide bonds. The molecule has 6 heteroatoms. The van der Waals surface area contributed by atoms with Crippen molar-refractivity contribution in [2.75, 3.05) is 13.2 Å². The molecule has 0 rings (SSSR count). The largest absolute Gasteiger partial charge is 0.462 e. The van der Waals surface area contributed by atoms with Gasteiger partial charge in [-0.05, 0) is 31.1 Å². The molecule has 2 atom stereocenters. The number of ether oxygens (including phenoxy) is 3. The lowest BCUT2D eigenvalue weighted by molar-refractivity contribution is -0.167. The number of rotatable bonds is 53. The van der Waals surface area contributed by atoms with Crippen LogP contribution in [0.5, 0.6) is 0 Å². The third kappa shape index (κ3) is 51.6. The standard InChI is InChI=1S/C59H114O6/c1-6-8-9-10-11-12-13-20-24-29-34-39-44-49-57(60)63-52-56(65-59(62)51-46-41-36-31-26-27-32-37-42-47-54(3)4)53-64-58(61)50-45-40-35-30-25-22-19-17-15-14-16-18-21-23-28-33-38-43-48-55(5)7-2/h54-56H,6-53H2,1-5H3/t55?,56-/m0/s1. The normalized spacial score (nSPS) is 12.5. The molecule has 0 bridgehead atoms. The highest BCUT2D eigenvalue weighted by molar-refractivity contribution is 5.71. The molecule has 0 heterocycles. The number of unbranched alkanes of at least 4 members (excludes halogenated alkanes) is 37. The van der Waals surface area contributed by atoms with E-state index in [0.29, 0.717) is 19.3 Å². The van der Waals surface area contributed by atoms with Gasteiger partial charge in [0.15, 0.2) is 6.10 Å². The number of hydrogen-bond acceptors (Lipinski definition) is 6. The van der Waals surface area contributed by atoms with E-state index in [1.54, 1.807) is 0 Å². The second-order valence-electron chi connectivity index (χ2n) is 21.0. The first-order chi connectivity index (χ1) is 31.8. The molecule has 0 aliphatic carbocycles. The van der Waals surface area contributed by atoms with Gasteiger partial charge >= 0.3 is 17.9 Å². The molecule has 0 aliphatic heterocycles. The molecule has 6 nitrogen and oxygen atoms in total. The van der Waals surface area contributed by atoms with Crippen molar-refractivity contribution in [2.24, 2.45) is 11.8 Å². The Bertz CT molecular complexity index is 995. The van der Waals surface area contributed by atoms with E-state index in [-0.39, 0.29) is 31.1 Å². The first-order valence-electron chi connectivity index (χ1n) is 29.3. The summed E-state index contributed by atoms with van der Waals surface area (Å²) < 4.78 is 16.9. The molecular weight excluding hydrogens is 805 g/mol. The predicted molar refractivity (Wildman–Crippen MR) is 280 cm³/mol. The lowest BCUT2D eigenvalue weighted by atomic mass is 9.99. The van der Waals surface area contributed by atoms with Gasteiger partial charge < -0.3 is 14.2 Å². The van der Waals surface area contributed by atoms with Gasteiger partial charge in [0, 0.05) is 19.3 Å². The predicted octanol–water partition coefficient (Wildman–Crippen LogP) is 19.3. The maximum atomic E-state index is 12.8. The second kappa shape index (κ2) is 51.8. The molecule has 65 heavy (non-hydrogen) atoms. The zero-order valence-electron chi connectivity index (χ0n) is 44.6. The van der Waals surface area contributed by atoms with Crippen LogP contribution in [0.3, 0.4) is 0 Å². The van der Waals surface area contributed by atoms with E-state index in [0.717, 1.165) is 69.6 Å². The molecule has 0 saturated carbocycles. The van der Waals surface area contributed by atoms with Crippen LogP contribution in [-0.2, 0) is 28.6 Å². The van der Waals surface area contributed by atoms with Crippen LogP contribution >= 0.6 is 0 Å². The van der Waals surface area contributed by atoms with Gasteiger partial charge in [0.1, 0.15) is 13.2 Å². The molecule has 0 aromatic carbocycles. The summed E-state index contributed by atoms with van der Waals surface area (Å²) in [6.45, 7) is 11.4. The maximum absolute atomic E-state index is 12.8. The highest BCUT2D eigenvalue weighted by atomic mass is 16.6. The van der Waals surface area contributed by atoms with E-state index in [1.807, 2.05) is 0 Å². The lowest BCUT2D eigenvalue weighted by Crippen LogP contribution is -2.30. The van der Waals surface area contributed by atoms with Crippen LogP contribution < -0.4 is 0 Å². The number of esters is 3. The summed E-state index contributed by atoms with van der Waals surface area (Å²) in [6, 6.07) is 0. The van der Waals surface area contributed by atoms with Crippen LogP contribution in [0.4, 0.5) is 0 Å². The van der Waals surface area contributed by atoms with Gasteiger partial charge in [-0.1, -0.05) is 291 Å². The Balaban J connectivity index is 4.21. The summed E-state index contributed by atoms with van der Waals surface area (Å²) in [6.07, 6.45) is 55.2. The summed E-state index contributed by atoms with van der Waals surface area (Å²) in [7, 11) is 0. The van der Waals surface area contributed by atoms with E-state index < -0.39 is 6.10 Å². The monoisotopic (exact) mass is 919 g/mol. The van der Waals surface area contributed by atoms with E-state index in [1.165, 1.54) is 218 Å². The molecular formula is C59H114O6. The van der Waals surface area contributed by atoms with Gasteiger partial charge in [0.2, 0.25) is 0 Å². The van der Waals surface area contributed by atoms with Crippen LogP contribution in [0.15, 0.2) is 0 Å². The Morgan fingerprint density at radius 2 is 0.585 bits per heavy atom. The summed E-state index contributed by atoms with van der Waals surface area (Å²) >= 11 is 0. The summed E-state index contributed by atoms with van der Waals surface area (Å²) in [5, 5.41) is 0. The fourth-order valence-electron chi connectivity index (χ4n) is 9.02. The van der Waals surface area contributed by atoms with E-state index in [9.17, 15) is 14.4 Å². The van der Waals surface area contributed by atoms with Crippen molar-refractivity contribution in [1.82, 2.24) is 0 Å². The number of hydrogen-bond donors (Lipinski definition) is 0. The van der Waals surface area contributed by atoms with Crippen LogP contribution in [0.2, 0.25) is 0 Å². The van der Waals surface area contributed by atoms with Crippen molar-refractivity contribution in [3.63, 3.8) is 0 Å². The Kier molecular flexibility index (Phi) is 50.5. The van der Waals surface area contributed by atoms with Gasteiger partial charge in [0.25, 0.3) is 0 Å². The quantitative estimate of drug-likeness (QED) is 0.0344. The van der Waals surface area contributed by atoms with Crippen molar-refractivity contribution in [3.8, 4) is 0 Å². The Hall–Kier alpha value is -1.59. The number of carbonyl (C=O) groups is 3. The summed E-state index contributed by atoms with van der Waals surface area (Å²) in [4.78, 5) is 38.1. The Morgan fingerprint density at radius 1 is 0.323 bits per heavy atom. The molecule has 0 aliphatic rings. The second-order valence-corrected chi connectivity index (χ2v) is 21.0. The van der Waals surface area contributed by atoms with Gasteiger partial charge in [-0.2, -0.15) is 0 Å². The van der Waals surface area contributed by atoms with Crippen LogP contribution in [0.25, 0.3) is 0 Å². The fraction of sp³-hybridized carbons (Fsp3) is 0.949. The topological polar surface area (TPSA) is 78.9 Å². The minimum Gasteiger partial charge on any atom is -0.462 e. The fourth-order valence-corrected chi connectivity index (χ4v) is 9.02. The van der Waals surface area contributed by atoms with Crippen molar-refractivity contribution in [2.45, 2.75) is 336 Å². The first kappa shape index (κ1) is 63.4. The smallest absolute Gasteiger partial charge is 0.306 e. The number of carbonyl (C=O) groups excluding carboxylic acids is 3. The maximum Gasteiger partial charge on any atom is 0.306 e. The van der Waals surface area contributed by atoms with E-state index in [2.05, 4.69) is 34.6 Å². The zero-order chi connectivity index (χ0) is 47.5. The molecule has 1 unspecified atom stereocenters. The van der Waals surface area contributed by atoms with Crippen molar-refractivity contribution >= 4 is 17.9 Å². The van der Waals surface area contributed by atoms with Crippen molar-refractivity contribution in [1.29, 1.82) is 0 Å². The third-order valence-corrected chi connectivity index (χ3v) is 13.8. The molecule has 0 N–H and O–H groups in total. The van der Waals surface area contributed by atoms with Gasteiger partial charge in [-0.25, -0.2) is 0 Å². The molecule has 0 spiro atoms. The SMILES string of the molecule is CCCCCCCCCCCCCCCC(=O)OC[C@@H](COC(=O)CCCCCCCCCCCCCCCCCCCCC(C)CC)OC(=O)CCCCCCCCCCCC(C)C. The van der Waals surface area contributed by atoms with Crippen LogP contribution in [-0.4, -0.2) is 37.2 Å². The van der Waals surface area contributed by atoms with Crippen molar-refractivity contribution in [3.05, 3.63) is 0 Å². The lowest BCUT2D eigenvalue weighted by Gasteiger charge is -2.18. The highest BCUT2D eigenvalue weighted by Crippen LogP contribution is 2.19. The molecule has 0 radical (unpaired) electrons. The highest BCUT2D eigenvalue weighted by Gasteiger charge is 2.19. The average molecular weight is 920 g/mol. The first-order valence-corrected chi connectivity index (χ1v) is 29.3. The minimum absolute atomic E-state index is 0.0630. The van der Waals surface area contributed by atoms with Crippen LogP contribution in [0.1, 0.15) is 330 Å². The molecule has 0 saturated heterocycles. The average Bonchev–Trinajstić information content (AvgIpc) is 3.29.